The van der Waals surface area contributed by atoms with Crippen molar-refractivity contribution in [1.29, 1.82) is 0 Å². The smallest absolute Gasteiger partial charge is 0.269 e. The third kappa shape index (κ3) is 5.42. The summed E-state index contributed by atoms with van der Waals surface area (Å²) in [6.07, 6.45) is 7.03. The topological polar surface area (TPSA) is 78.5 Å². The number of nitrogens with one attached hydrogen (secondary N) is 2. The second-order valence-corrected chi connectivity index (χ2v) is 14.0. The molecule has 4 aliphatic rings. The van der Waals surface area contributed by atoms with Crippen molar-refractivity contribution in [3.63, 3.8) is 0 Å². The Labute approximate surface area is 228 Å². The van der Waals surface area contributed by atoms with Crippen molar-refractivity contribution < 1.29 is 22.0 Å². The van der Waals surface area contributed by atoms with E-state index in [-0.39, 0.29) is 27.7 Å². The Kier molecular flexibility index (Phi) is 6.90. The number of sulfone groups is 1. The Morgan fingerprint density at radius 1 is 0.923 bits per heavy atom. The van der Waals surface area contributed by atoms with Crippen LogP contribution in [0.25, 0.3) is 0 Å². The van der Waals surface area contributed by atoms with E-state index >= 15 is 0 Å². The van der Waals surface area contributed by atoms with E-state index in [2.05, 4.69) is 15.5 Å². The highest BCUT2D eigenvalue weighted by Crippen LogP contribution is 2.54. The van der Waals surface area contributed by atoms with Crippen molar-refractivity contribution in [2.24, 2.45) is 5.41 Å². The van der Waals surface area contributed by atoms with E-state index in [0.29, 0.717) is 42.3 Å². The molecular weight excluding hydrogens is 520 g/mol. The molecule has 0 bridgehead atoms. The Hall–Kier alpha value is -2.94. The molecule has 1 saturated heterocycles. The summed E-state index contributed by atoms with van der Waals surface area (Å²) >= 11 is 0. The molecule has 2 aromatic carbocycles. The number of nitrogens with zero attached hydrogens (tertiary/aromatic N) is 1. The lowest BCUT2D eigenvalue weighted by Gasteiger charge is -2.35. The number of piperidine rings is 1. The minimum atomic E-state index is -3.43. The minimum absolute atomic E-state index is 0.0466. The lowest BCUT2D eigenvalue weighted by Crippen LogP contribution is -2.36. The van der Waals surface area contributed by atoms with E-state index in [9.17, 15) is 22.0 Å². The van der Waals surface area contributed by atoms with Gasteiger partial charge in [0.1, 0.15) is 0 Å². The van der Waals surface area contributed by atoms with Crippen LogP contribution in [-0.4, -0.2) is 38.7 Å². The molecule has 39 heavy (non-hydrogen) atoms. The highest BCUT2D eigenvalue weighted by atomic mass is 32.2. The summed E-state index contributed by atoms with van der Waals surface area (Å²) in [6, 6.07) is 12.1. The number of benzene rings is 2. The van der Waals surface area contributed by atoms with E-state index in [1.54, 1.807) is 30.3 Å². The van der Waals surface area contributed by atoms with Gasteiger partial charge in [0.15, 0.2) is 9.84 Å². The van der Waals surface area contributed by atoms with Gasteiger partial charge >= 0.3 is 0 Å². The molecule has 4 fully saturated rings. The summed E-state index contributed by atoms with van der Waals surface area (Å²) in [4.78, 5) is 16.1. The van der Waals surface area contributed by atoms with Crippen LogP contribution in [0, 0.1) is 5.41 Å². The fourth-order valence-electron chi connectivity index (χ4n) is 6.34. The largest absolute Gasteiger partial charge is 0.382 e. The number of halogens is 2. The SMILES string of the molecule is O=C(Nc1cccc(S(=O)(=O)C2CCCC2)c1)c1ccc(NC2CC(=C(F)F)C2)cc1N1CCC2(CC1)CC2. The van der Waals surface area contributed by atoms with Gasteiger partial charge in [-0.1, -0.05) is 18.9 Å². The molecule has 2 aromatic rings. The van der Waals surface area contributed by atoms with Crippen LogP contribution in [0.5, 0.6) is 0 Å². The van der Waals surface area contributed by atoms with Crippen LogP contribution in [0.1, 0.15) is 74.6 Å². The molecule has 0 aromatic heterocycles. The number of hydrogen-bond donors (Lipinski definition) is 2. The van der Waals surface area contributed by atoms with Gasteiger partial charge in [-0.05, 0) is 98.8 Å². The van der Waals surface area contributed by atoms with Gasteiger partial charge in [-0.25, -0.2) is 8.42 Å². The minimum Gasteiger partial charge on any atom is -0.382 e. The fraction of sp³-hybridized carbons (Fsp3) is 0.500. The quantitative estimate of drug-likeness (QED) is 0.395. The van der Waals surface area contributed by atoms with E-state index in [1.807, 2.05) is 12.1 Å². The molecule has 1 amide bonds. The van der Waals surface area contributed by atoms with Crippen LogP contribution in [0.15, 0.2) is 59.0 Å². The van der Waals surface area contributed by atoms with Crippen LogP contribution < -0.4 is 15.5 Å². The molecule has 0 unspecified atom stereocenters. The van der Waals surface area contributed by atoms with Gasteiger partial charge in [0.25, 0.3) is 12.0 Å². The van der Waals surface area contributed by atoms with Gasteiger partial charge in [-0.2, -0.15) is 8.78 Å². The zero-order valence-electron chi connectivity index (χ0n) is 22.0. The molecule has 1 spiro atoms. The van der Waals surface area contributed by atoms with Gasteiger partial charge in [0.2, 0.25) is 0 Å². The molecule has 0 radical (unpaired) electrons. The highest BCUT2D eigenvalue weighted by Gasteiger charge is 2.44. The first-order chi connectivity index (χ1) is 18.7. The first-order valence-electron chi connectivity index (χ1n) is 14.1. The lowest BCUT2D eigenvalue weighted by molar-refractivity contribution is 0.102. The third-order valence-corrected chi connectivity index (χ3v) is 11.4. The number of carbonyl (C=O) groups is 1. The first-order valence-corrected chi connectivity index (χ1v) is 15.6. The molecule has 0 atom stereocenters. The lowest BCUT2D eigenvalue weighted by atomic mass is 9.87. The Morgan fingerprint density at radius 2 is 1.64 bits per heavy atom. The standard InChI is InChI=1S/C30H35F2N3O3S/c31-28(32)20-16-23(17-20)33-22-8-9-26(27(19-22)35-14-12-30(10-11-30)13-15-35)29(36)34-21-4-3-7-25(18-21)39(37,38)24-5-1-2-6-24/h3-4,7-9,18-19,23-24,33H,1-2,5-6,10-17H2,(H,34,36). The molecule has 2 N–H and O–H groups in total. The number of anilines is 3. The maximum atomic E-state index is 13.6. The average Bonchev–Trinajstić information content (AvgIpc) is 3.40. The Bertz CT molecular complexity index is 1390. The number of hydrogen-bond acceptors (Lipinski definition) is 5. The second kappa shape index (κ2) is 10.2. The van der Waals surface area contributed by atoms with Crippen LogP contribution >= 0.6 is 0 Å². The first kappa shape index (κ1) is 26.3. The molecular formula is C30H35F2N3O3S. The molecule has 3 saturated carbocycles. The normalized spacial score (nSPS) is 22.5. The van der Waals surface area contributed by atoms with Crippen LogP contribution in [0.2, 0.25) is 0 Å². The van der Waals surface area contributed by atoms with E-state index < -0.39 is 15.9 Å². The molecule has 9 heteroatoms. The molecule has 3 aliphatic carbocycles. The van der Waals surface area contributed by atoms with E-state index in [4.69, 9.17) is 0 Å². The maximum Gasteiger partial charge on any atom is 0.269 e. The van der Waals surface area contributed by atoms with Gasteiger partial charge in [0, 0.05) is 30.5 Å². The van der Waals surface area contributed by atoms with Gasteiger partial charge in [0.05, 0.1) is 21.4 Å². The van der Waals surface area contributed by atoms with Crippen molar-refractivity contribution in [3.8, 4) is 0 Å². The van der Waals surface area contributed by atoms with Gasteiger partial charge in [-0.15, -0.1) is 0 Å². The summed E-state index contributed by atoms with van der Waals surface area (Å²) in [5.41, 5.74) is 3.26. The molecule has 1 aliphatic heterocycles. The molecule has 6 rings (SSSR count). The van der Waals surface area contributed by atoms with Crippen molar-refractivity contribution in [2.45, 2.75) is 80.4 Å². The van der Waals surface area contributed by atoms with Crippen LogP contribution in [0.4, 0.5) is 25.8 Å². The van der Waals surface area contributed by atoms with E-state index in [0.717, 1.165) is 50.1 Å². The maximum absolute atomic E-state index is 13.6. The summed E-state index contributed by atoms with van der Waals surface area (Å²) in [6.45, 7) is 1.73. The molecule has 208 valence electrons. The van der Waals surface area contributed by atoms with Crippen molar-refractivity contribution in [1.82, 2.24) is 0 Å². The summed E-state index contributed by atoms with van der Waals surface area (Å²) in [7, 11) is -3.43. The average molecular weight is 556 g/mol. The van der Waals surface area contributed by atoms with Crippen LogP contribution in [0.3, 0.4) is 0 Å². The Morgan fingerprint density at radius 3 is 2.31 bits per heavy atom. The summed E-state index contributed by atoms with van der Waals surface area (Å²) < 4.78 is 51.9. The third-order valence-electron chi connectivity index (χ3n) is 9.15. The summed E-state index contributed by atoms with van der Waals surface area (Å²) in [5.74, 6) is -0.299. The zero-order valence-corrected chi connectivity index (χ0v) is 22.8. The highest BCUT2D eigenvalue weighted by molar-refractivity contribution is 7.92. The van der Waals surface area contributed by atoms with Gasteiger partial charge < -0.3 is 15.5 Å². The monoisotopic (exact) mass is 555 g/mol. The van der Waals surface area contributed by atoms with Crippen molar-refractivity contribution >= 4 is 32.8 Å². The number of carbonyl (C=O) groups excluding carboxylic acids is 1. The number of amides is 1. The predicted molar refractivity (Wildman–Crippen MR) is 149 cm³/mol. The van der Waals surface area contributed by atoms with Crippen molar-refractivity contribution in [2.75, 3.05) is 28.6 Å². The zero-order chi connectivity index (χ0) is 27.2. The predicted octanol–water partition coefficient (Wildman–Crippen LogP) is 6.76. The van der Waals surface area contributed by atoms with E-state index in [1.165, 1.54) is 12.8 Å². The molecule has 6 nitrogen and oxygen atoms in total. The van der Waals surface area contributed by atoms with Crippen molar-refractivity contribution in [3.05, 3.63) is 59.7 Å². The second-order valence-electron chi connectivity index (χ2n) is 11.8. The fourth-order valence-corrected chi connectivity index (χ4v) is 8.24. The van der Waals surface area contributed by atoms with Crippen LogP contribution in [-0.2, 0) is 9.84 Å². The number of rotatable bonds is 7. The molecule has 1 heterocycles. The Balaban J connectivity index is 1.23. The summed E-state index contributed by atoms with van der Waals surface area (Å²) in [5, 5.41) is 5.92. The van der Waals surface area contributed by atoms with Gasteiger partial charge in [-0.3, -0.25) is 4.79 Å².